The fraction of sp³-hybridized carbons (Fsp3) is 0.750. The summed E-state index contributed by atoms with van der Waals surface area (Å²) < 4.78 is 10.8. The molecule has 0 saturated carbocycles. The van der Waals surface area contributed by atoms with E-state index in [1.807, 2.05) is 20.8 Å². The molecule has 0 unspecified atom stereocenters. The second-order valence-electron chi connectivity index (χ2n) is 6.32. The van der Waals surface area contributed by atoms with Crippen molar-refractivity contribution in [1.82, 2.24) is 4.90 Å². The molecule has 1 heterocycles. The first-order valence-corrected chi connectivity index (χ1v) is 8.20. The Bertz CT molecular complexity index is 400. The van der Waals surface area contributed by atoms with Crippen LogP contribution in [0.25, 0.3) is 0 Å². The largest absolute Gasteiger partial charge is 0.389 e. The second-order valence-corrected chi connectivity index (χ2v) is 7.69. The van der Waals surface area contributed by atoms with E-state index in [0.29, 0.717) is 19.8 Å². The Balaban J connectivity index is 2.48. The van der Waals surface area contributed by atoms with Crippen molar-refractivity contribution >= 4 is 11.3 Å². The summed E-state index contributed by atoms with van der Waals surface area (Å²) in [5.74, 6) is 0. The minimum absolute atomic E-state index is 0.219. The summed E-state index contributed by atoms with van der Waals surface area (Å²) in [4.78, 5) is 4.84. The summed E-state index contributed by atoms with van der Waals surface area (Å²) in [5.41, 5.74) is -0.219. The lowest BCUT2D eigenvalue weighted by Gasteiger charge is -2.27. The van der Waals surface area contributed by atoms with Crippen molar-refractivity contribution in [3.05, 3.63) is 21.9 Å². The molecule has 0 bridgehead atoms. The smallest absolute Gasteiger partial charge is 0.0900 e. The topological polar surface area (TPSA) is 41.9 Å². The molecule has 5 heteroatoms. The number of aryl methyl sites for hydroxylation is 1. The molecular formula is C16H29NO3S. The molecule has 0 saturated heterocycles. The highest BCUT2D eigenvalue weighted by Gasteiger charge is 2.17. The predicted molar refractivity (Wildman–Crippen MR) is 87.9 cm³/mol. The normalized spacial score (nSPS) is 13.9. The summed E-state index contributed by atoms with van der Waals surface area (Å²) in [6.45, 7) is 11.4. The van der Waals surface area contributed by atoms with Crippen LogP contribution in [0.3, 0.4) is 0 Å². The molecule has 1 rings (SSSR count). The predicted octanol–water partition coefficient (Wildman–Crippen LogP) is 2.68. The van der Waals surface area contributed by atoms with Crippen LogP contribution < -0.4 is 0 Å². The Morgan fingerprint density at radius 3 is 2.57 bits per heavy atom. The Morgan fingerprint density at radius 2 is 2.05 bits per heavy atom. The van der Waals surface area contributed by atoms with Crippen LogP contribution in [-0.2, 0) is 16.0 Å². The Kier molecular flexibility index (Phi) is 7.84. The van der Waals surface area contributed by atoms with Gasteiger partial charge in [0.25, 0.3) is 0 Å². The minimum Gasteiger partial charge on any atom is -0.389 e. The SMILES string of the molecule is COCCN(Cc1ccc(C)s1)C[C@H](O)COC(C)(C)C. The fourth-order valence-electron chi connectivity index (χ4n) is 1.94. The number of ether oxygens (including phenoxy) is 2. The first kappa shape index (κ1) is 18.6. The van der Waals surface area contributed by atoms with E-state index in [4.69, 9.17) is 9.47 Å². The molecule has 21 heavy (non-hydrogen) atoms. The summed E-state index contributed by atoms with van der Waals surface area (Å²) in [5, 5.41) is 10.2. The molecule has 0 amide bonds. The lowest BCUT2D eigenvalue weighted by molar-refractivity contribution is -0.0576. The summed E-state index contributed by atoms with van der Waals surface area (Å²) >= 11 is 1.80. The average Bonchev–Trinajstić information content (AvgIpc) is 2.78. The maximum Gasteiger partial charge on any atom is 0.0900 e. The third-order valence-electron chi connectivity index (χ3n) is 2.96. The maximum atomic E-state index is 10.2. The highest BCUT2D eigenvalue weighted by molar-refractivity contribution is 7.11. The van der Waals surface area contributed by atoms with Gasteiger partial charge < -0.3 is 14.6 Å². The standard InChI is InChI=1S/C16H29NO3S/c1-13-6-7-15(21-13)11-17(8-9-19-5)10-14(18)12-20-16(2,3)4/h6-7,14,18H,8-12H2,1-5H3/t14-/m0/s1. The summed E-state index contributed by atoms with van der Waals surface area (Å²) in [6, 6.07) is 4.28. The van der Waals surface area contributed by atoms with Crippen LogP contribution in [0.5, 0.6) is 0 Å². The van der Waals surface area contributed by atoms with Crippen molar-refractivity contribution in [2.24, 2.45) is 0 Å². The fourth-order valence-corrected chi connectivity index (χ4v) is 2.88. The molecule has 4 nitrogen and oxygen atoms in total. The molecule has 0 spiro atoms. The molecule has 0 aliphatic heterocycles. The third kappa shape index (κ3) is 8.53. The molecule has 1 aromatic rings. The van der Waals surface area contributed by atoms with Gasteiger partial charge in [-0.1, -0.05) is 0 Å². The van der Waals surface area contributed by atoms with Crippen molar-refractivity contribution < 1.29 is 14.6 Å². The number of thiophene rings is 1. The van der Waals surface area contributed by atoms with Gasteiger partial charge in [0.2, 0.25) is 0 Å². The Labute approximate surface area is 132 Å². The molecular weight excluding hydrogens is 286 g/mol. The third-order valence-corrected chi connectivity index (χ3v) is 3.95. The zero-order chi connectivity index (χ0) is 15.9. The second kappa shape index (κ2) is 8.86. The van der Waals surface area contributed by atoms with Gasteiger partial charge in [-0.05, 0) is 39.8 Å². The van der Waals surface area contributed by atoms with E-state index in [1.165, 1.54) is 9.75 Å². The van der Waals surface area contributed by atoms with Crippen LogP contribution in [-0.4, -0.2) is 55.1 Å². The number of aliphatic hydroxyl groups is 1. The first-order chi connectivity index (χ1) is 9.80. The highest BCUT2D eigenvalue weighted by Crippen LogP contribution is 2.17. The van der Waals surface area contributed by atoms with Crippen LogP contribution in [0, 0.1) is 6.92 Å². The van der Waals surface area contributed by atoms with Gasteiger partial charge in [-0.15, -0.1) is 11.3 Å². The van der Waals surface area contributed by atoms with E-state index >= 15 is 0 Å². The number of aliphatic hydroxyl groups excluding tert-OH is 1. The molecule has 0 radical (unpaired) electrons. The molecule has 122 valence electrons. The lowest BCUT2D eigenvalue weighted by Crippen LogP contribution is -2.38. The van der Waals surface area contributed by atoms with Gasteiger partial charge in [-0.2, -0.15) is 0 Å². The van der Waals surface area contributed by atoms with E-state index in [2.05, 4.69) is 24.0 Å². The van der Waals surface area contributed by atoms with Crippen LogP contribution in [0.1, 0.15) is 30.5 Å². The van der Waals surface area contributed by atoms with E-state index in [1.54, 1.807) is 18.4 Å². The van der Waals surface area contributed by atoms with Gasteiger partial charge in [0.1, 0.15) is 0 Å². The number of hydrogen-bond acceptors (Lipinski definition) is 5. The van der Waals surface area contributed by atoms with E-state index in [-0.39, 0.29) is 5.60 Å². The van der Waals surface area contributed by atoms with Crippen LogP contribution in [0.2, 0.25) is 0 Å². The van der Waals surface area contributed by atoms with Gasteiger partial charge in [0, 0.05) is 36.5 Å². The number of hydrogen-bond donors (Lipinski definition) is 1. The highest BCUT2D eigenvalue weighted by atomic mass is 32.1. The monoisotopic (exact) mass is 315 g/mol. The lowest BCUT2D eigenvalue weighted by atomic mass is 10.2. The van der Waals surface area contributed by atoms with Gasteiger partial charge in [-0.25, -0.2) is 0 Å². The van der Waals surface area contributed by atoms with Crippen LogP contribution in [0.15, 0.2) is 12.1 Å². The summed E-state index contributed by atoms with van der Waals surface area (Å²) in [7, 11) is 1.70. The molecule has 1 N–H and O–H groups in total. The minimum atomic E-state index is -0.484. The quantitative estimate of drug-likeness (QED) is 0.761. The van der Waals surface area contributed by atoms with Gasteiger partial charge in [0.15, 0.2) is 0 Å². The van der Waals surface area contributed by atoms with E-state index in [0.717, 1.165) is 13.1 Å². The van der Waals surface area contributed by atoms with Crippen molar-refractivity contribution in [3.8, 4) is 0 Å². The van der Waals surface area contributed by atoms with Gasteiger partial charge in [0.05, 0.1) is 24.9 Å². The van der Waals surface area contributed by atoms with E-state index in [9.17, 15) is 5.11 Å². The summed E-state index contributed by atoms with van der Waals surface area (Å²) in [6.07, 6.45) is -0.484. The zero-order valence-corrected chi connectivity index (χ0v) is 14.7. The zero-order valence-electron chi connectivity index (χ0n) is 13.9. The van der Waals surface area contributed by atoms with Crippen LogP contribution >= 0.6 is 11.3 Å². The molecule has 0 aliphatic carbocycles. The average molecular weight is 315 g/mol. The van der Waals surface area contributed by atoms with Crippen molar-refractivity contribution in [2.45, 2.75) is 45.9 Å². The van der Waals surface area contributed by atoms with Gasteiger partial charge >= 0.3 is 0 Å². The van der Waals surface area contributed by atoms with E-state index < -0.39 is 6.10 Å². The maximum absolute atomic E-state index is 10.2. The van der Waals surface area contributed by atoms with Crippen LogP contribution in [0.4, 0.5) is 0 Å². The Hall–Kier alpha value is -0.460. The Morgan fingerprint density at radius 1 is 1.33 bits per heavy atom. The molecule has 0 aliphatic rings. The molecule has 0 fully saturated rings. The number of methoxy groups -OCH3 is 1. The van der Waals surface area contributed by atoms with Crippen molar-refractivity contribution in [1.29, 1.82) is 0 Å². The molecule has 1 aromatic heterocycles. The molecule has 0 aromatic carbocycles. The van der Waals surface area contributed by atoms with Crippen molar-refractivity contribution in [3.63, 3.8) is 0 Å². The molecule has 1 atom stereocenters. The van der Waals surface area contributed by atoms with Gasteiger partial charge in [-0.3, -0.25) is 4.90 Å². The van der Waals surface area contributed by atoms with Crippen molar-refractivity contribution in [2.75, 3.05) is 33.4 Å². The number of rotatable bonds is 9. The number of nitrogens with zero attached hydrogens (tertiary/aromatic N) is 1. The first-order valence-electron chi connectivity index (χ1n) is 7.39.